The monoisotopic (exact) mass is 752 g/mol. The Morgan fingerprint density at radius 1 is 0.439 bits per heavy atom. The van der Waals surface area contributed by atoms with Crippen molar-refractivity contribution in [2.75, 3.05) is 4.90 Å². The molecule has 0 aliphatic carbocycles. The highest BCUT2D eigenvalue weighted by atomic mass is 16.7. The molecule has 6 aromatic carbocycles. The van der Waals surface area contributed by atoms with Crippen LogP contribution in [0.5, 0.6) is 0 Å². The molecule has 57 heavy (non-hydrogen) atoms. The van der Waals surface area contributed by atoms with E-state index < -0.39 is 36.6 Å². The summed E-state index contributed by atoms with van der Waals surface area (Å²) >= 11 is 0. The van der Waals surface area contributed by atoms with Crippen LogP contribution in [0.2, 0.25) is 0 Å². The molecule has 1 aromatic heterocycles. The zero-order valence-electron chi connectivity index (χ0n) is 34.5. The first kappa shape index (κ1) is 37.5. The first-order chi connectivity index (χ1) is 27.1. The number of benzene rings is 6. The van der Waals surface area contributed by atoms with Crippen LogP contribution in [0.1, 0.15) is 61.0 Å². The van der Waals surface area contributed by atoms with Gasteiger partial charge in [-0.15, -0.1) is 0 Å². The molecule has 6 nitrogen and oxygen atoms in total. The number of nitrogens with zero attached hydrogens (tertiary/aromatic N) is 2. The molecule has 2 aliphatic rings. The maximum Gasteiger partial charge on any atom is 0.494 e. The molecular formula is C49H50B2N2O4. The fourth-order valence-corrected chi connectivity index (χ4v) is 7.89. The van der Waals surface area contributed by atoms with Crippen LogP contribution >= 0.6 is 0 Å². The van der Waals surface area contributed by atoms with Crippen molar-refractivity contribution >= 4 is 64.0 Å². The highest BCUT2D eigenvalue weighted by Gasteiger charge is 2.52. The van der Waals surface area contributed by atoms with Crippen molar-refractivity contribution in [2.45, 2.75) is 84.7 Å². The fourth-order valence-electron chi connectivity index (χ4n) is 7.89. The van der Waals surface area contributed by atoms with Crippen molar-refractivity contribution in [3.8, 4) is 16.8 Å². The van der Waals surface area contributed by atoms with E-state index in [-0.39, 0.29) is 0 Å². The molecule has 0 radical (unpaired) electrons. The van der Waals surface area contributed by atoms with Crippen LogP contribution in [-0.2, 0) is 18.6 Å². The molecule has 0 saturated carbocycles. The molecule has 2 fully saturated rings. The third kappa shape index (κ3) is 6.49. The number of hydrogen-bond acceptors (Lipinski definition) is 5. The van der Waals surface area contributed by atoms with Gasteiger partial charge in [0.05, 0.1) is 33.4 Å². The van der Waals surface area contributed by atoms with Gasteiger partial charge in [-0.25, -0.2) is 0 Å². The van der Waals surface area contributed by atoms with Gasteiger partial charge in [-0.2, -0.15) is 0 Å². The molecule has 0 atom stereocenters. The van der Waals surface area contributed by atoms with Gasteiger partial charge in [0.25, 0.3) is 0 Å². The molecule has 2 saturated heterocycles. The summed E-state index contributed by atoms with van der Waals surface area (Å²) in [6.07, 6.45) is 0. The van der Waals surface area contributed by atoms with E-state index in [2.05, 4.69) is 211 Å². The van der Waals surface area contributed by atoms with E-state index in [1.54, 1.807) is 0 Å². The second-order valence-electron chi connectivity index (χ2n) is 17.7. The molecule has 0 amide bonds. The number of para-hydroxylation sites is 1. The lowest BCUT2D eigenvalue weighted by molar-refractivity contribution is 0.00578. The molecule has 2 aliphatic heterocycles. The lowest BCUT2D eigenvalue weighted by atomic mass is 9.79. The first-order valence-electron chi connectivity index (χ1n) is 20.0. The van der Waals surface area contributed by atoms with Crippen LogP contribution < -0.4 is 15.8 Å². The normalized spacial score (nSPS) is 18.1. The molecule has 7 aromatic rings. The Labute approximate surface area is 337 Å². The summed E-state index contributed by atoms with van der Waals surface area (Å²) in [5, 5.41) is 2.48. The Morgan fingerprint density at radius 2 is 0.860 bits per heavy atom. The largest absolute Gasteiger partial charge is 0.494 e. The van der Waals surface area contributed by atoms with Gasteiger partial charge in [-0.1, -0.05) is 78.4 Å². The Kier molecular flexibility index (Phi) is 8.87. The number of fused-ring (bicyclic) bond motifs is 3. The van der Waals surface area contributed by atoms with Gasteiger partial charge in [0.2, 0.25) is 0 Å². The minimum absolute atomic E-state index is 0.411. The van der Waals surface area contributed by atoms with E-state index in [0.29, 0.717) is 0 Å². The Morgan fingerprint density at radius 3 is 1.35 bits per heavy atom. The maximum absolute atomic E-state index is 6.38. The van der Waals surface area contributed by atoms with E-state index in [1.807, 2.05) is 0 Å². The highest BCUT2D eigenvalue weighted by Crippen LogP contribution is 2.40. The summed E-state index contributed by atoms with van der Waals surface area (Å²) in [7, 11) is -0.863. The summed E-state index contributed by atoms with van der Waals surface area (Å²) in [4.78, 5) is 2.28. The third-order valence-corrected chi connectivity index (χ3v) is 12.8. The van der Waals surface area contributed by atoms with Crippen LogP contribution in [0.3, 0.4) is 0 Å². The molecule has 9 rings (SSSR count). The van der Waals surface area contributed by atoms with Gasteiger partial charge in [0, 0.05) is 33.5 Å². The van der Waals surface area contributed by atoms with Crippen LogP contribution in [0.15, 0.2) is 140 Å². The van der Waals surface area contributed by atoms with Crippen molar-refractivity contribution in [1.82, 2.24) is 4.57 Å². The average Bonchev–Trinajstić information content (AvgIpc) is 3.72. The maximum atomic E-state index is 6.38. The number of anilines is 3. The van der Waals surface area contributed by atoms with E-state index in [0.717, 1.165) is 39.2 Å². The Hall–Kier alpha value is -5.11. The average molecular weight is 753 g/mol. The van der Waals surface area contributed by atoms with Crippen LogP contribution in [0.4, 0.5) is 17.1 Å². The van der Waals surface area contributed by atoms with Crippen molar-refractivity contribution in [1.29, 1.82) is 0 Å². The smallest absolute Gasteiger partial charge is 0.399 e. The molecule has 3 heterocycles. The minimum Gasteiger partial charge on any atom is -0.399 e. The number of hydrogen-bond donors (Lipinski definition) is 0. The van der Waals surface area contributed by atoms with Crippen LogP contribution in [0, 0.1) is 6.92 Å². The standard InChI is InChI=1S/C49H50B2N2O4/c1-33-14-23-41(24-15-33)53-44-13-11-10-12-42(44)43-32-35(18-31-45(43)53)34-16-25-38(26-17-34)52(39-27-19-36(20-28-39)50-54-46(2,3)47(4,5)55-50)40-29-21-37(22-30-40)51-56-48(6,7)49(8,9)57-51/h10-32H,1-9H3. The quantitative estimate of drug-likeness (QED) is 0.152. The molecule has 286 valence electrons. The molecule has 0 unspecified atom stereocenters. The van der Waals surface area contributed by atoms with Gasteiger partial charge in [-0.3, -0.25) is 0 Å². The van der Waals surface area contributed by atoms with Gasteiger partial charge >= 0.3 is 14.2 Å². The molecular weight excluding hydrogens is 702 g/mol. The van der Waals surface area contributed by atoms with Crippen LogP contribution in [0.25, 0.3) is 38.6 Å². The van der Waals surface area contributed by atoms with Crippen molar-refractivity contribution in [2.24, 2.45) is 0 Å². The van der Waals surface area contributed by atoms with Gasteiger partial charge in [0.15, 0.2) is 0 Å². The predicted molar refractivity (Wildman–Crippen MR) is 237 cm³/mol. The lowest BCUT2D eigenvalue weighted by Crippen LogP contribution is -2.41. The summed E-state index contributed by atoms with van der Waals surface area (Å²) in [5.74, 6) is 0. The molecule has 0 N–H and O–H groups in total. The Bertz CT molecular complexity index is 2480. The number of aryl methyl sites for hydroxylation is 1. The summed E-state index contributed by atoms with van der Waals surface area (Å²) in [5.41, 5.74) is 10.6. The SMILES string of the molecule is Cc1ccc(-n2c3ccccc3c3cc(-c4ccc(N(c5ccc(B6OC(C)(C)C(C)(C)O6)cc5)c5ccc(B6OC(C)(C)C(C)(C)O6)cc5)cc4)ccc32)cc1. The van der Waals surface area contributed by atoms with Gasteiger partial charge in [-0.05, 0) is 151 Å². The van der Waals surface area contributed by atoms with E-state index in [4.69, 9.17) is 18.6 Å². The van der Waals surface area contributed by atoms with E-state index in [9.17, 15) is 0 Å². The van der Waals surface area contributed by atoms with Crippen molar-refractivity contribution in [3.63, 3.8) is 0 Å². The van der Waals surface area contributed by atoms with Crippen molar-refractivity contribution in [3.05, 3.63) is 145 Å². The van der Waals surface area contributed by atoms with Gasteiger partial charge in [0.1, 0.15) is 0 Å². The topological polar surface area (TPSA) is 45.1 Å². The third-order valence-electron chi connectivity index (χ3n) is 12.8. The summed E-state index contributed by atoms with van der Waals surface area (Å²) in [6, 6.07) is 50.2. The summed E-state index contributed by atoms with van der Waals surface area (Å²) in [6.45, 7) is 18.8. The van der Waals surface area contributed by atoms with Gasteiger partial charge < -0.3 is 28.1 Å². The highest BCUT2D eigenvalue weighted by molar-refractivity contribution is 6.62. The zero-order chi connectivity index (χ0) is 39.9. The molecule has 8 heteroatoms. The van der Waals surface area contributed by atoms with Crippen molar-refractivity contribution < 1.29 is 18.6 Å². The fraction of sp³-hybridized carbons (Fsp3) is 0.265. The number of rotatable bonds is 7. The van der Waals surface area contributed by atoms with E-state index in [1.165, 1.54) is 32.9 Å². The zero-order valence-corrected chi connectivity index (χ0v) is 34.5. The predicted octanol–water partition coefficient (Wildman–Crippen LogP) is 10.8. The lowest BCUT2D eigenvalue weighted by Gasteiger charge is -2.32. The molecule has 0 bridgehead atoms. The van der Waals surface area contributed by atoms with E-state index >= 15 is 0 Å². The second-order valence-corrected chi connectivity index (χ2v) is 17.7. The second kappa shape index (κ2) is 13.5. The Balaban J connectivity index is 1.07. The first-order valence-corrected chi connectivity index (χ1v) is 20.0. The minimum atomic E-state index is -0.431. The summed E-state index contributed by atoms with van der Waals surface area (Å²) < 4.78 is 27.9. The van der Waals surface area contributed by atoms with Crippen LogP contribution in [-0.4, -0.2) is 41.2 Å². The molecule has 0 spiro atoms. The number of aromatic nitrogens is 1.